The minimum Gasteiger partial charge on any atom is -0.333 e. The number of hydrogen-bond donors (Lipinski definition) is 2. The van der Waals surface area contributed by atoms with E-state index in [1.165, 1.54) is 6.07 Å². The third-order valence-corrected chi connectivity index (χ3v) is 5.31. The summed E-state index contributed by atoms with van der Waals surface area (Å²) >= 11 is 0. The van der Waals surface area contributed by atoms with Crippen molar-refractivity contribution in [2.24, 2.45) is 0 Å². The zero-order chi connectivity index (χ0) is 20.0. The van der Waals surface area contributed by atoms with Gasteiger partial charge in [-0.05, 0) is 50.6 Å². The van der Waals surface area contributed by atoms with E-state index < -0.39 is 5.82 Å². The van der Waals surface area contributed by atoms with Gasteiger partial charge in [0, 0.05) is 12.0 Å². The lowest BCUT2D eigenvalue weighted by Crippen LogP contribution is -2.28. The van der Waals surface area contributed by atoms with Gasteiger partial charge in [-0.1, -0.05) is 11.2 Å². The Balaban J connectivity index is 0.00000218. The molecule has 0 unspecified atom stereocenters. The third kappa shape index (κ3) is 3.50. The maximum Gasteiger partial charge on any atom is 0.263 e. The predicted molar refractivity (Wildman–Crippen MR) is 111 cm³/mol. The quantitative estimate of drug-likeness (QED) is 0.518. The van der Waals surface area contributed by atoms with E-state index in [1.807, 2.05) is 6.92 Å². The molecule has 1 aliphatic rings. The molecule has 4 heterocycles. The minimum absolute atomic E-state index is 0. The zero-order valence-electron chi connectivity index (χ0n) is 16.2. The first-order chi connectivity index (χ1) is 14.1. The van der Waals surface area contributed by atoms with Crippen molar-refractivity contribution in [1.82, 2.24) is 30.1 Å². The monoisotopic (exact) mass is 430 g/mol. The van der Waals surface area contributed by atoms with Crippen molar-refractivity contribution in [3.8, 4) is 22.8 Å². The number of benzene rings is 1. The molecule has 10 heteroatoms. The van der Waals surface area contributed by atoms with Gasteiger partial charge in [0.25, 0.3) is 11.4 Å². The van der Waals surface area contributed by atoms with E-state index in [-0.39, 0.29) is 41.2 Å². The zero-order valence-corrected chi connectivity index (χ0v) is 17.0. The Morgan fingerprint density at radius 3 is 2.77 bits per heavy atom. The van der Waals surface area contributed by atoms with Crippen LogP contribution in [-0.2, 0) is 0 Å². The fourth-order valence-corrected chi connectivity index (χ4v) is 3.82. The summed E-state index contributed by atoms with van der Waals surface area (Å²) in [7, 11) is 0. The second-order valence-electron chi connectivity index (χ2n) is 7.31. The summed E-state index contributed by atoms with van der Waals surface area (Å²) in [6, 6.07) is 6.42. The van der Waals surface area contributed by atoms with Gasteiger partial charge in [-0.2, -0.15) is 10.1 Å². The molecule has 0 aliphatic carbocycles. The fraction of sp³-hybridized carbons (Fsp3) is 0.300. The van der Waals surface area contributed by atoms with Gasteiger partial charge in [0.2, 0.25) is 5.82 Å². The van der Waals surface area contributed by atoms with Gasteiger partial charge in [0.05, 0.1) is 17.5 Å². The number of halogens is 2. The van der Waals surface area contributed by atoms with Crippen LogP contribution in [0.2, 0.25) is 0 Å². The first kappa shape index (κ1) is 20.2. The lowest BCUT2D eigenvalue weighted by atomic mass is 9.94. The smallest absolute Gasteiger partial charge is 0.263 e. The lowest BCUT2D eigenvalue weighted by molar-refractivity contribution is 0.432. The van der Waals surface area contributed by atoms with E-state index in [4.69, 9.17) is 4.52 Å². The van der Waals surface area contributed by atoms with E-state index >= 15 is 0 Å². The van der Waals surface area contributed by atoms with Gasteiger partial charge < -0.3 is 14.8 Å². The van der Waals surface area contributed by atoms with Crippen LogP contribution in [0.5, 0.6) is 0 Å². The Hall–Kier alpha value is -3.04. The molecule has 8 nitrogen and oxygen atoms in total. The molecule has 1 aliphatic heterocycles. The molecular formula is C20H20ClFN6O2. The summed E-state index contributed by atoms with van der Waals surface area (Å²) in [5.41, 5.74) is 2.71. The average molecular weight is 431 g/mol. The number of fused-ring (bicyclic) bond motifs is 1. The summed E-state index contributed by atoms with van der Waals surface area (Å²) in [5.74, 6) is 0.148. The summed E-state index contributed by atoms with van der Waals surface area (Å²) < 4.78 is 21.4. The molecule has 2 N–H and O–H groups in total. The molecule has 156 valence electrons. The molecule has 0 spiro atoms. The van der Waals surface area contributed by atoms with E-state index in [0.717, 1.165) is 37.2 Å². The normalized spacial score (nSPS) is 14.7. The van der Waals surface area contributed by atoms with Crippen LogP contribution in [0.4, 0.5) is 4.39 Å². The van der Waals surface area contributed by atoms with Gasteiger partial charge in [0.1, 0.15) is 17.0 Å². The highest BCUT2D eigenvalue weighted by atomic mass is 35.5. The highest BCUT2D eigenvalue weighted by Gasteiger charge is 2.23. The lowest BCUT2D eigenvalue weighted by Gasteiger charge is -2.23. The first-order valence-corrected chi connectivity index (χ1v) is 9.52. The Bertz CT molecular complexity index is 1260. The van der Waals surface area contributed by atoms with Crippen molar-refractivity contribution in [3.63, 3.8) is 0 Å². The molecule has 4 aromatic rings. The molecule has 5 rings (SSSR count). The Morgan fingerprint density at radius 1 is 1.20 bits per heavy atom. The van der Waals surface area contributed by atoms with Crippen molar-refractivity contribution >= 4 is 18.1 Å². The minimum atomic E-state index is -0.418. The van der Waals surface area contributed by atoms with E-state index in [0.29, 0.717) is 11.2 Å². The number of aromatic nitrogens is 5. The second kappa shape index (κ2) is 8.00. The van der Waals surface area contributed by atoms with Crippen LogP contribution in [0.1, 0.15) is 30.0 Å². The molecule has 0 amide bonds. The number of aromatic amines is 1. The first-order valence-electron chi connectivity index (χ1n) is 9.52. The summed E-state index contributed by atoms with van der Waals surface area (Å²) in [6.45, 7) is 3.62. The molecule has 3 aromatic heterocycles. The highest BCUT2D eigenvalue weighted by molar-refractivity contribution is 5.85. The van der Waals surface area contributed by atoms with Crippen molar-refractivity contribution in [2.45, 2.75) is 25.7 Å². The van der Waals surface area contributed by atoms with Crippen LogP contribution in [0.15, 0.2) is 39.8 Å². The van der Waals surface area contributed by atoms with Crippen LogP contribution in [0.3, 0.4) is 0 Å². The average Bonchev–Trinajstić information content (AvgIpc) is 3.35. The highest BCUT2D eigenvalue weighted by Crippen LogP contribution is 2.29. The predicted octanol–water partition coefficient (Wildman–Crippen LogP) is 3.08. The molecule has 0 saturated carbocycles. The topological polar surface area (TPSA) is 101 Å². The maximum atomic E-state index is 14.3. The Labute approximate surface area is 176 Å². The fourth-order valence-electron chi connectivity index (χ4n) is 3.82. The van der Waals surface area contributed by atoms with E-state index in [9.17, 15) is 9.18 Å². The summed E-state index contributed by atoms with van der Waals surface area (Å²) in [6.07, 6.45) is 3.45. The Morgan fingerprint density at radius 2 is 2.00 bits per heavy atom. The van der Waals surface area contributed by atoms with Crippen LogP contribution in [0.25, 0.3) is 28.5 Å². The molecule has 0 bridgehead atoms. The third-order valence-electron chi connectivity index (χ3n) is 5.31. The largest absolute Gasteiger partial charge is 0.333 e. The molecule has 30 heavy (non-hydrogen) atoms. The van der Waals surface area contributed by atoms with Crippen molar-refractivity contribution in [2.75, 3.05) is 13.1 Å². The standard InChI is InChI=1S/C20H19FN6O2.ClH/c1-11-2-3-13(15(21)8-11)18-25-20(29-26-18)14-10-23-27-16(9-17(28)24-19(14)27)12-4-6-22-7-5-12;/h2-3,8-10,12,22H,4-7H2,1H3,(H,24,28);1H. The van der Waals surface area contributed by atoms with Gasteiger partial charge in [-0.3, -0.25) is 4.79 Å². The summed E-state index contributed by atoms with van der Waals surface area (Å²) in [4.78, 5) is 19.4. The number of piperidine rings is 1. The SMILES string of the molecule is Cc1ccc(-c2noc(-c3cnn4c(C5CCNCC5)cc(=O)[nH]c34)n2)c(F)c1.Cl. The molecular weight excluding hydrogens is 411 g/mol. The van der Waals surface area contributed by atoms with E-state index in [2.05, 4.69) is 25.5 Å². The number of hydrogen-bond acceptors (Lipinski definition) is 6. The Kier molecular flexibility index (Phi) is 5.40. The van der Waals surface area contributed by atoms with Gasteiger partial charge in [-0.25, -0.2) is 8.91 Å². The van der Waals surface area contributed by atoms with Gasteiger partial charge in [-0.15, -0.1) is 12.4 Å². The molecule has 1 saturated heterocycles. The summed E-state index contributed by atoms with van der Waals surface area (Å²) in [5, 5.41) is 11.7. The maximum absolute atomic E-state index is 14.3. The van der Waals surface area contributed by atoms with Gasteiger partial charge in [0.15, 0.2) is 0 Å². The van der Waals surface area contributed by atoms with Crippen molar-refractivity contribution in [1.29, 1.82) is 0 Å². The van der Waals surface area contributed by atoms with Crippen molar-refractivity contribution in [3.05, 3.63) is 57.9 Å². The van der Waals surface area contributed by atoms with Crippen LogP contribution in [-0.4, -0.2) is 37.8 Å². The van der Waals surface area contributed by atoms with Crippen LogP contribution in [0, 0.1) is 12.7 Å². The molecule has 0 radical (unpaired) electrons. The number of aryl methyl sites for hydroxylation is 1. The van der Waals surface area contributed by atoms with E-state index in [1.54, 1.807) is 28.9 Å². The number of H-pyrrole nitrogens is 1. The van der Waals surface area contributed by atoms with Crippen LogP contribution >= 0.6 is 12.4 Å². The molecule has 1 fully saturated rings. The number of nitrogens with zero attached hydrogens (tertiary/aromatic N) is 4. The molecule has 0 atom stereocenters. The molecule has 1 aromatic carbocycles. The van der Waals surface area contributed by atoms with Crippen molar-refractivity contribution < 1.29 is 8.91 Å². The van der Waals surface area contributed by atoms with Gasteiger partial charge >= 0.3 is 0 Å². The second-order valence-corrected chi connectivity index (χ2v) is 7.31. The van der Waals surface area contributed by atoms with Crippen LogP contribution < -0.4 is 10.9 Å². The number of nitrogens with one attached hydrogen (secondary N) is 2. The number of rotatable bonds is 3.